The second-order valence-corrected chi connectivity index (χ2v) is 3.79. The van der Waals surface area contributed by atoms with E-state index in [1.165, 1.54) is 15.0 Å². The first-order valence-corrected chi connectivity index (χ1v) is 4.78. The van der Waals surface area contributed by atoms with E-state index in [4.69, 9.17) is 0 Å². The van der Waals surface area contributed by atoms with Gasteiger partial charge in [0.15, 0.2) is 0 Å². The van der Waals surface area contributed by atoms with Gasteiger partial charge < -0.3 is 5.32 Å². The van der Waals surface area contributed by atoms with Gasteiger partial charge in [0.2, 0.25) is 0 Å². The Balaban J connectivity index is 2.52. The lowest BCUT2D eigenvalue weighted by molar-refractivity contribution is 0.593. The molecule has 0 radical (unpaired) electrons. The van der Waals surface area contributed by atoms with Gasteiger partial charge >= 0.3 is 0 Å². The van der Waals surface area contributed by atoms with Crippen molar-refractivity contribution in [3.8, 4) is 0 Å². The molecule has 0 saturated heterocycles. The molecular weight excluding hydrogens is 253 g/mol. The molecule has 0 amide bonds. The molecule has 0 spiro atoms. The summed E-state index contributed by atoms with van der Waals surface area (Å²) in [7, 11) is 2.01. The summed E-state index contributed by atoms with van der Waals surface area (Å²) < 4.78 is 3.14. The van der Waals surface area contributed by atoms with E-state index in [2.05, 4.69) is 33.0 Å². The third-order valence-electron chi connectivity index (χ3n) is 2.07. The number of hydrogen-bond donors (Lipinski definition) is 1. The van der Waals surface area contributed by atoms with Crippen molar-refractivity contribution in [1.82, 2.24) is 15.1 Å². The van der Waals surface area contributed by atoms with Crippen molar-refractivity contribution in [3.05, 3.63) is 15.0 Å². The van der Waals surface area contributed by atoms with E-state index in [9.17, 15) is 0 Å². The fraction of sp³-hybridized carbons (Fsp3) is 0.571. The Morgan fingerprint density at radius 2 is 2.45 bits per heavy atom. The smallest absolute Gasteiger partial charge is 0.126 e. The minimum absolute atomic E-state index is 0.974. The van der Waals surface area contributed by atoms with Crippen LogP contribution in [-0.2, 0) is 20.0 Å². The normalized spacial score (nSPS) is 16.5. The molecule has 60 valence electrons. The van der Waals surface area contributed by atoms with Gasteiger partial charge in [-0.25, -0.2) is 0 Å². The first-order valence-electron chi connectivity index (χ1n) is 3.70. The van der Waals surface area contributed by atoms with Gasteiger partial charge in [-0.3, -0.25) is 4.68 Å². The minimum Gasteiger partial charge on any atom is -0.311 e. The van der Waals surface area contributed by atoms with Crippen molar-refractivity contribution in [3.63, 3.8) is 0 Å². The van der Waals surface area contributed by atoms with Crippen LogP contribution in [0, 0.1) is 3.70 Å². The second-order valence-electron chi connectivity index (χ2n) is 2.77. The van der Waals surface area contributed by atoms with E-state index in [0.717, 1.165) is 19.5 Å². The molecule has 1 aromatic heterocycles. The van der Waals surface area contributed by atoms with Crippen LogP contribution in [0.25, 0.3) is 0 Å². The average Bonchev–Trinajstić information content (AvgIpc) is 2.30. The maximum absolute atomic E-state index is 4.36. The summed E-state index contributed by atoms with van der Waals surface area (Å²) >= 11 is 2.30. The summed E-state index contributed by atoms with van der Waals surface area (Å²) in [6.45, 7) is 2.07. The minimum atomic E-state index is 0.974. The number of halogens is 1. The molecule has 1 aromatic rings. The third-order valence-corrected chi connectivity index (χ3v) is 2.94. The molecule has 0 bridgehead atoms. The second kappa shape index (κ2) is 2.75. The summed E-state index contributed by atoms with van der Waals surface area (Å²) in [4.78, 5) is 0. The Hall–Kier alpha value is -0.100. The molecule has 11 heavy (non-hydrogen) atoms. The maximum Gasteiger partial charge on any atom is 0.126 e. The molecule has 1 N–H and O–H groups in total. The van der Waals surface area contributed by atoms with E-state index >= 15 is 0 Å². The molecule has 0 aliphatic carbocycles. The molecule has 0 unspecified atom stereocenters. The molecule has 1 aliphatic heterocycles. The van der Waals surface area contributed by atoms with Crippen molar-refractivity contribution in [2.45, 2.75) is 13.0 Å². The summed E-state index contributed by atoms with van der Waals surface area (Å²) in [5.74, 6) is 0. The van der Waals surface area contributed by atoms with E-state index in [-0.39, 0.29) is 0 Å². The zero-order valence-corrected chi connectivity index (χ0v) is 8.55. The molecule has 0 fully saturated rings. The van der Waals surface area contributed by atoms with Crippen molar-refractivity contribution in [2.24, 2.45) is 7.05 Å². The molecule has 0 aromatic carbocycles. The zero-order chi connectivity index (χ0) is 7.84. The van der Waals surface area contributed by atoms with Crippen LogP contribution < -0.4 is 5.32 Å². The predicted molar refractivity (Wildman–Crippen MR) is 51.3 cm³/mol. The Bertz CT molecular complexity index is 253. The van der Waals surface area contributed by atoms with Crippen LogP contribution in [0.5, 0.6) is 0 Å². The number of fused-ring (bicyclic) bond motifs is 1. The van der Waals surface area contributed by atoms with Crippen LogP contribution in [0.1, 0.15) is 11.3 Å². The van der Waals surface area contributed by atoms with Gasteiger partial charge in [0.25, 0.3) is 0 Å². The number of aromatic nitrogens is 2. The van der Waals surface area contributed by atoms with Crippen molar-refractivity contribution in [2.75, 3.05) is 6.54 Å². The zero-order valence-electron chi connectivity index (χ0n) is 6.39. The van der Waals surface area contributed by atoms with Crippen molar-refractivity contribution < 1.29 is 0 Å². The molecule has 0 atom stereocenters. The Labute approximate surface area is 79.3 Å². The molecule has 4 heteroatoms. The first-order chi connectivity index (χ1) is 5.29. The molecule has 3 nitrogen and oxygen atoms in total. The highest BCUT2D eigenvalue weighted by Gasteiger charge is 2.16. The lowest BCUT2D eigenvalue weighted by Crippen LogP contribution is -2.24. The standard InChI is InChI=1S/C7H10IN3/c1-11-6-4-9-3-2-5(6)7(8)10-11/h9H,2-4H2,1H3. The lowest BCUT2D eigenvalue weighted by atomic mass is 10.1. The van der Waals surface area contributed by atoms with Crippen LogP contribution in [0.15, 0.2) is 0 Å². The van der Waals surface area contributed by atoms with Crippen LogP contribution in [0.2, 0.25) is 0 Å². The van der Waals surface area contributed by atoms with Crippen molar-refractivity contribution in [1.29, 1.82) is 0 Å². The summed E-state index contributed by atoms with van der Waals surface area (Å²) in [6, 6.07) is 0. The maximum atomic E-state index is 4.36. The summed E-state index contributed by atoms with van der Waals surface area (Å²) in [5, 5.41) is 7.69. The average molecular weight is 263 g/mol. The highest BCUT2D eigenvalue weighted by Crippen LogP contribution is 2.18. The SMILES string of the molecule is Cn1nc(I)c2c1CNCC2. The monoisotopic (exact) mass is 263 g/mol. The van der Waals surface area contributed by atoms with E-state index < -0.39 is 0 Å². The van der Waals surface area contributed by atoms with Crippen molar-refractivity contribution >= 4 is 22.6 Å². The fourth-order valence-corrected chi connectivity index (χ4v) is 2.36. The van der Waals surface area contributed by atoms with Gasteiger partial charge in [0.05, 0.1) is 5.69 Å². The highest BCUT2D eigenvalue weighted by atomic mass is 127. The van der Waals surface area contributed by atoms with Gasteiger partial charge in [0, 0.05) is 19.2 Å². The Morgan fingerprint density at radius 3 is 3.18 bits per heavy atom. The van der Waals surface area contributed by atoms with Crippen LogP contribution in [0.4, 0.5) is 0 Å². The third kappa shape index (κ3) is 1.18. The first kappa shape index (κ1) is 7.54. The number of rotatable bonds is 0. The topological polar surface area (TPSA) is 29.9 Å². The molecular formula is C7H10IN3. The Kier molecular flexibility index (Phi) is 1.88. The Morgan fingerprint density at radius 1 is 1.64 bits per heavy atom. The molecule has 2 heterocycles. The number of aryl methyl sites for hydroxylation is 1. The molecule has 2 rings (SSSR count). The number of hydrogen-bond acceptors (Lipinski definition) is 2. The lowest BCUT2D eigenvalue weighted by Gasteiger charge is -2.13. The predicted octanol–water partition coefficient (Wildman–Crippen LogP) is 0.670. The van der Waals surface area contributed by atoms with Gasteiger partial charge in [0.1, 0.15) is 3.70 Å². The van der Waals surface area contributed by atoms with Gasteiger partial charge in [-0.2, -0.15) is 5.10 Å². The summed E-state index contributed by atoms with van der Waals surface area (Å²) in [6.07, 6.45) is 1.13. The summed E-state index contributed by atoms with van der Waals surface area (Å²) in [5.41, 5.74) is 2.78. The highest BCUT2D eigenvalue weighted by molar-refractivity contribution is 14.1. The van der Waals surface area contributed by atoms with Crippen LogP contribution in [0.3, 0.4) is 0 Å². The van der Waals surface area contributed by atoms with Crippen LogP contribution in [-0.4, -0.2) is 16.3 Å². The number of nitrogens with zero attached hydrogens (tertiary/aromatic N) is 2. The van der Waals surface area contributed by atoms with E-state index in [1.807, 2.05) is 11.7 Å². The van der Waals surface area contributed by atoms with Gasteiger partial charge in [-0.05, 0) is 35.6 Å². The fourth-order valence-electron chi connectivity index (χ4n) is 1.46. The molecule has 1 aliphatic rings. The van der Waals surface area contributed by atoms with E-state index in [1.54, 1.807) is 0 Å². The van der Waals surface area contributed by atoms with Gasteiger partial charge in [-0.15, -0.1) is 0 Å². The van der Waals surface area contributed by atoms with Crippen LogP contribution >= 0.6 is 22.6 Å². The van der Waals surface area contributed by atoms with E-state index in [0.29, 0.717) is 0 Å². The quantitative estimate of drug-likeness (QED) is 0.697. The van der Waals surface area contributed by atoms with Gasteiger partial charge in [-0.1, -0.05) is 0 Å². The largest absolute Gasteiger partial charge is 0.311 e. The number of nitrogens with one attached hydrogen (secondary N) is 1. The molecule has 0 saturated carbocycles.